The molecule has 1 rings (SSSR count). The van der Waals surface area contributed by atoms with Gasteiger partial charge in [0.25, 0.3) is 11.5 Å². The van der Waals surface area contributed by atoms with Gasteiger partial charge >= 0.3 is 5.97 Å². The van der Waals surface area contributed by atoms with Crippen molar-refractivity contribution in [2.75, 3.05) is 6.61 Å². The number of hydrogen-bond acceptors (Lipinski definition) is 5. The second-order valence-electron chi connectivity index (χ2n) is 3.39. The van der Waals surface area contributed by atoms with Gasteiger partial charge in [0.2, 0.25) is 0 Å². The van der Waals surface area contributed by atoms with E-state index >= 15 is 0 Å². The molecule has 0 atom stereocenters. The van der Waals surface area contributed by atoms with Gasteiger partial charge in [0, 0.05) is 12.6 Å². The van der Waals surface area contributed by atoms with Crippen LogP contribution in [0.25, 0.3) is 0 Å². The lowest BCUT2D eigenvalue weighted by atomic mass is 10.4. The van der Waals surface area contributed by atoms with Gasteiger partial charge in [-0.25, -0.2) is 15.0 Å². The smallest absolute Gasteiger partial charge is 0.332 e. The Hall–Kier alpha value is -2.22. The van der Waals surface area contributed by atoms with E-state index in [2.05, 4.69) is 9.94 Å². The lowest BCUT2D eigenvalue weighted by Crippen LogP contribution is -2.31. The van der Waals surface area contributed by atoms with Gasteiger partial charge < -0.3 is 5.11 Å². The molecule has 0 saturated carbocycles. The summed E-state index contributed by atoms with van der Waals surface area (Å²) in [5.74, 6) is -1.92. The quantitative estimate of drug-likeness (QED) is 0.657. The van der Waals surface area contributed by atoms with Gasteiger partial charge in [-0.1, -0.05) is 6.92 Å². The van der Waals surface area contributed by atoms with Crippen LogP contribution in [0, 0.1) is 0 Å². The molecule has 0 bridgehead atoms. The van der Waals surface area contributed by atoms with Crippen molar-refractivity contribution in [2.45, 2.75) is 19.9 Å². The minimum Gasteiger partial charge on any atom is -0.479 e. The van der Waals surface area contributed by atoms with E-state index < -0.39 is 18.5 Å². The average molecular weight is 255 g/mol. The number of rotatable bonds is 6. The molecule has 0 spiro atoms. The lowest BCUT2D eigenvalue weighted by Gasteiger charge is -2.06. The molecule has 18 heavy (non-hydrogen) atoms. The van der Waals surface area contributed by atoms with E-state index in [1.165, 1.54) is 12.1 Å². The summed E-state index contributed by atoms with van der Waals surface area (Å²) in [6.07, 6.45) is 0.702. The third-order valence-electron chi connectivity index (χ3n) is 1.90. The number of hydrogen-bond donors (Lipinski definition) is 2. The van der Waals surface area contributed by atoms with Crippen molar-refractivity contribution in [3.05, 3.63) is 28.2 Å². The van der Waals surface area contributed by atoms with Crippen molar-refractivity contribution in [2.24, 2.45) is 0 Å². The Balaban J connectivity index is 2.71. The maximum absolute atomic E-state index is 11.5. The largest absolute Gasteiger partial charge is 0.479 e. The Morgan fingerprint density at radius 1 is 1.50 bits per heavy atom. The van der Waals surface area contributed by atoms with Gasteiger partial charge in [-0.3, -0.25) is 14.4 Å². The molecule has 0 aliphatic heterocycles. The van der Waals surface area contributed by atoms with Crippen LogP contribution < -0.4 is 11.0 Å². The number of carbonyl (C=O) groups excluding carboxylic acids is 1. The van der Waals surface area contributed by atoms with E-state index in [0.29, 0.717) is 13.0 Å². The summed E-state index contributed by atoms with van der Waals surface area (Å²) < 4.78 is 1.16. The Morgan fingerprint density at radius 3 is 2.83 bits per heavy atom. The molecule has 0 aromatic carbocycles. The van der Waals surface area contributed by atoms with E-state index in [1.54, 1.807) is 0 Å². The third kappa shape index (κ3) is 3.98. The number of aryl methyl sites for hydroxylation is 1. The molecular formula is C10H13N3O5. The summed E-state index contributed by atoms with van der Waals surface area (Å²) in [6.45, 7) is 1.62. The SMILES string of the molecule is CCCn1nc(C(=O)NOCC(=O)O)ccc1=O. The zero-order chi connectivity index (χ0) is 13.5. The molecule has 0 saturated heterocycles. The summed E-state index contributed by atoms with van der Waals surface area (Å²) in [5, 5.41) is 12.1. The molecule has 0 aliphatic rings. The van der Waals surface area contributed by atoms with Crippen LogP contribution in [0.3, 0.4) is 0 Å². The molecule has 1 heterocycles. The van der Waals surface area contributed by atoms with E-state index in [4.69, 9.17) is 5.11 Å². The maximum atomic E-state index is 11.5. The van der Waals surface area contributed by atoms with Crippen LogP contribution in [-0.4, -0.2) is 33.4 Å². The number of carbonyl (C=O) groups is 2. The number of carboxylic acids is 1. The van der Waals surface area contributed by atoms with Crippen molar-refractivity contribution in [1.29, 1.82) is 0 Å². The predicted molar refractivity (Wildman–Crippen MR) is 59.8 cm³/mol. The normalized spacial score (nSPS) is 10.1. The number of aliphatic carboxylic acids is 1. The Labute approximate surface area is 102 Å². The molecule has 8 heteroatoms. The lowest BCUT2D eigenvalue weighted by molar-refractivity contribution is -0.144. The molecule has 8 nitrogen and oxygen atoms in total. The highest BCUT2D eigenvalue weighted by molar-refractivity contribution is 5.91. The van der Waals surface area contributed by atoms with E-state index in [9.17, 15) is 14.4 Å². The van der Waals surface area contributed by atoms with Crippen LogP contribution >= 0.6 is 0 Å². The zero-order valence-electron chi connectivity index (χ0n) is 9.75. The number of amides is 1. The topological polar surface area (TPSA) is 111 Å². The second-order valence-corrected chi connectivity index (χ2v) is 3.39. The first-order chi connectivity index (χ1) is 8.54. The number of carboxylic acid groups (broad SMARTS) is 1. The van der Waals surface area contributed by atoms with E-state index in [0.717, 1.165) is 4.68 Å². The van der Waals surface area contributed by atoms with Crippen molar-refractivity contribution in [3.8, 4) is 0 Å². The third-order valence-corrected chi connectivity index (χ3v) is 1.90. The van der Waals surface area contributed by atoms with E-state index in [-0.39, 0.29) is 11.3 Å². The monoisotopic (exact) mass is 255 g/mol. The number of nitrogens with zero attached hydrogens (tertiary/aromatic N) is 2. The van der Waals surface area contributed by atoms with Gasteiger partial charge in [0.15, 0.2) is 12.3 Å². The first kappa shape index (κ1) is 13.8. The Morgan fingerprint density at radius 2 is 2.22 bits per heavy atom. The van der Waals surface area contributed by atoms with Crippen molar-refractivity contribution in [1.82, 2.24) is 15.3 Å². The van der Waals surface area contributed by atoms with Crippen LogP contribution in [0.1, 0.15) is 23.8 Å². The maximum Gasteiger partial charge on any atom is 0.332 e. The van der Waals surface area contributed by atoms with Crippen LogP contribution in [0.4, 0.5) is 0 Å². The summed E-state index contributed by atoms with van der Waals surface area (Å²) in [4.78, 5) is 37.4. The molecule has 98 valence electrons. The minimum atomic E-state index is -1.21. The zero-order valence-corrected chi connectivity index (χ0v) is 9.75. The highest BCUT2D eigenvalue weighted by Gasteiger charge is 2.10. The summed E-state index contributed by atoms with van der Waals surface area (Å²) in [6, 6.07) is 2.46. The predicted octanol–water partition coefficient (Wildman–Crippen LogP) is -0.601. The standard InChI is InChI=1S/C10H13N3O5/c1-2-5-13-8(14)4-3-7(11-13)10(17)12-18-6-9(15)16/h3-4H,2,5-6H2,1H3,(H,12,17)(H,15,16). The number of aromatic nitrogens is 2. The number of hydroxylamine groups is 1. The van der Waals surface area contributed by atoms with Crippen molar-refractivity contribution in [3.63, 3.8) is 0 Å². The average Bonchev–Trinajstić information content (AvgIpc) is 2.31. The van der Waals surface area contributed by atoms with Gasteiger partial charge in [0.1, 0.15) is 0 Å². The van der Waals surface area contributed by atoms with E-state index in [1.807, 2.05) is 12.4 Å². The van der Waals surface area contributed by atoms with Crippen LogP contribution in [0.5, 0.6) is 0 Å². The first-order valence-corrected chi connectivity index (χ1v) is 5.26. The summed E-state index contributed by atoms with van der Waals surface area (Å²) >= 11 is 0. The van der Waals surface area contributed by atoms with Gasteiger partial charge in [0.05, 0.1) is 0 Å². The van der Waals surface area contributed by atoms with Crippen LogP contribution in [0.2, 0.25) is 0 Å². The fourth-order valence-corrected chi connectivity index (χ4v) is 1.16. The van der Waals surface area contributed by atoms with Crippen molar-refractivity contribution >= 4 is 11.9 Å². The minimum absolute atomic E-state index is 0.0200. The molecule has 0 radical (unpaired) electrons. The Kier molecular flexibility index (Phi) is 5.00. The molecular weight excluding hydrogens is 242 g/mol. The molecule has 1 amide bonds. The van der Waals surface area contributed by atoms with Crippen molar-refractivity contribution < 1.29 is 19.5 Å². The fraction of sp³-hybridized carbons (Fsp3) is 0.400. The van der Waals surface area contributed by atoms with Gasteiger partial charge in [-0.15, -0.1) is 0 Å². The fourth-order valence-electron chi connectivity index (χ4n) is 1.16. The summed E-state index contributed by atoms with van der Waals surface area (Å²) in [7, 11) is 0. The molecule has 2 N–H and O–H groups in total. The van der Waals surface area contributed by atoms with Crippen LogP contribution in [0.15, 0.2) is 16.9 Å². The molecule has 0 fully saturated rings. The number of nitrogens with one attached hydrogen (secondary N) is 1. The first-order valence-electron chi connectivity index (χ1n) is 5.26. The van der Waals surface area contributed by atoms with Crippen LogP contribution in [-0.2, 0) is 16.2 Å². The molecule has 1 aromatic heterocycles. The van der Waals surface area contributed by atoms with Gasteiger partial charge in [-0.05, 0) is 12.5 Å². The molecule has 0 aliphatic carbocycles. The molecule has 0 unspecified atom stereocenters. The Bertz CT molecular complexity index is 497. The van der Waals surface area contributed by atoms with Gasteiger partial charge in [-0.2, -0.15) is 5.10 Å². The highest BCUT2D eigenvalue weighted by atomic mass is 16.7. The second kappa shape index (κ2) is 6.50. The summed E-state index contributed by atoms with van der Waals surface area (Å²) in [5.41, 5.74) is 1.60. The molecule has 1 aromatic rings. The highest BCUT2D eigenvalue weighted by Crippen LogP contribution is 1.92.